The van der Waals surface area contributed by atoms with Crippen molar-refractivity contribution in [3.8, 4) is 0 Å². The summed E-state index contributed by atoms with van der Waals surface area (Å²) in [6, 6.07) is 8.23. The second-order valence-electron chi connectivity index (χ2n) is 7.10. The zero-order valence-electron chi connectivity index (χ0n) is 14.3. The van der Waals surface area contributed by atoms with Gasteiger partial charge in [0.1, 0.15) is 6.61 Å². The van der Waals surface area contributed by atoms with Crippen LogP contribution in [0.3, 0.4) is 0 Å². The lowest BCUT2D eigenvalue weighted by Gasteiger charge is -2.51. The van der Waals surface area contributed by atoms with Gasteiger partial charge in [0.05, 0.1) is 11.2 Å². The minimum atomic E-state index is -4.65. The number of hydrogen-bond acceptors (Lipinski definition) is 3. The number of alkyl halides is 3. The molecule has 1 amide bonds. The van der Waals surface area contributed by atoms with E-state index < -0.39 is 35.5 Å². The molecule has 1 N–H and O–H groups in total. The van der Waals surface area contributed by atoms with Crippen LogP contribution in [0.1, 0.15) is 37.7 Å². The average Bonchev–Trinajstić information content (AvgIpc) is 2.58. The molecule has 4 nitrogen and oxygen atoms in total. The molecule has 0 radical (unpaired) electrons. The molecule has 2 saturated heterocycles. The summed E-state index contributed by atoms with van der Waals surface area (Å²) in [7, 11) is 0. The van der Waals surface area contributed by atoms with Gasteiger partial charge in [-0.25, -0.2) is 4.79 Å². The molecule has 2 bridgehead atoms. The Morgan fingerprint density at radius 1 is 1.23 bits per heavy atom. The minimum Gasteiger partial charge on any atom is -0.445 e. The summed E-state index contributed by atoms with van der Waals surface area (Å²) in [6.45, 7) is 3.19. The Bertz CT molecular complexity index is 660. The first-order chi connectivity index (χ1) is 12.2. The molecule has 2 unspecified atom stereocenters. The van der Waals surface area contributed by atoms with Crippen LogP contribution >= 0.6 is 0 Å². The van der Waals surface area contributed by atoms with E-state index >= 15 is 0 Å². The van der Waals surface area contributed by atoms with E-state index in [4.69, 9.17) is 4.74 Å². The van der Waals surface area contributed by atoms with Crippen LogP contribution in [0.15, 0.2) is 42.5 Å². The van der Waals surface area contributed by atoms with Crippen molar-refractivity contribution < 1.29 is 27.8 Å². The second-order valence-corrected chi connectivity index (χ2v) is 7.10. The maximum absolute atomic E-state index is 13.1. The fraction of sp³-hybridized carbons (Fsp3) is 0.526. The number of carbonyl (C=O) groups excluding carboxylic acids is 1. The number of aliphatic hydroxyl groups is 1. The number of fused-ring (bicyclic) bond motifs is 2. The van der Waals surface area contributed by atoms with Crippen molar-refractivity contribution in [1.29, 1.82) is 0 Å². The molecule has 2 heterocycles. The number of nitrogens with zero attached hydrogens (tertiary/aromatic N) is 1. The van der Waals surface area contributed by atoms with Gasteiger partial charge in [-0.15, -0.1) is 0 Å². The maximum atomic E-state index is 13.1. The molecular formula is C19H22F3NO3. The van der Waals surface area contributed by atoms with Crippen LogP contribution in [0, 0.1) is 0 Å². The Balaban J connectivity index is 1.70. The van der Waals surface area contributed by atoms with Gasteiger partial charge < -0.3 is 14.7 Å². The van der Waals surface area contributed by atoms with Crippen molar-refractivity contribution in [1.82, 2.24) is 4.90 Å². The molecule has 7 heteroatoms. The average molecular weight is 369 g/mol. The van der Waals surface area contributed by atoms with Crippen LogP contribution in [0.5, 0.6) is 0 Å². The fourth-order valence-electron chi connectivity index (χ4n) is 4.03. The van der Waals surface area contributed by atoms with Gasteiger partial charge in [0.15, 0.2) is 0 Å². The third-order valence-corrected chi connectivity index (χ3v) is 5.33. The predicted octanol–water partition coefficient (Wildman–Crippen LogP) is 4.19. The molecule has 1 aromatic carbocycles. The fourth-order valence-corrected chi connectivity index (χ4v) is 4.03. The van der Waals surface area contributed by atoms with Crippen molar-refractivity contribution in [2.45, 2.75) is 62.6 Å². The highest BCUT2D eigenvalue weighted by Crippen LogP contribution is 2.46. The van der Waals surface area contributed by atoms with Gasteiger partial charge >= 0.3 is 12.3 Å². The van der Waals surface area contributed by atoms with Gasteiger partial charge in [0.25, 0.3) is 0 Å². The Kier molecular flexibility index (Phi) is 5.01. The Morgan fingerprint density at radius 2 is 1.81 bits per heavy atom. The minimum absolute atomic E-state index is 0.106. The lowest BCUT2D eigenvalue weighted by molar-refractivity contribution is -0.141. The molecule has 2 aliphatic rings. The van der Waals surface area contributed by atoms with Crippen LogP contribution in [0.25, 0.3) is 0 Å². The van der Waals surface area contributed by atoms with Crippen LogP contribution < -0.4 is 0 Å². The first-order valence-corrected chi connectivity index (χ1v) is 8.69. The molecule has 0 spiro atoms. The summed E-state index contributed by atoms with van der Waals surface area (Å²) in [5.41, 5.74) is -2.31. The molecule has 142 valence electrons. The van der Waals surface area contributed by atoms with Crippen LogP contribution in [0.4, 0.5) is 18.0 Å². The molecule has 3 rings (SSSR count). The van der Waals surface area contributed by atoms with Crippen LogP contribution in [0.2, 0.25) is 0 Å². The first-order valence-electron chi connectivity index (χ1n) is 8.69. The molecule has 26 heavy (non-hydrogen) atoms. The highest BCUT2D eigenvalue weighted by Gasteiger charge is 2.54. The Hall–Kier alpha value is -2.02. The van der Waals surface area contributed by atoms with Crippen LogP contribution in [-0.4, -0.2) is 40.0 Å². The zero-order valence-corrected chi connectivity index (χ0v) is 14.3. The van der Waals surface area contributed by atoms with E-state index in [2.05, 4.69) is 6.58 Å². The standard InChI is InChI=1S/C19H22F3NO3/c1-13(19(20,21)22)18(25)10-15-8-5-9-16(11-18)23(15)17(24)26-12-14-6-3-2-4-7-14/h2-4,6-7,15-16,25H,1,5,8-12H2. The van der Waals surface area contributed by atoms with Crippen molar-refractivity contribution in [2.24, 2.45) is 0 Å². The van der Waals surface area contributed by atoms with E-state index in [1.165, 1.54) is 4.90 Å². The van der Waals surface area contributed by atoms with Gasteiger partial charge in [-0.2, -0.15) is 13.2 Å². The SMILES string of the molecule is C=C(C(F)(F)F)C1(O)CC2CCCC(C1)N2C(=O)OCc1ccccc1. The molecule has 2 atom stereocenters. The second kappa shape index (κ2) is 6.95. The van der Waals surface area contributed by atoms with Crippen molar-refractivity contribution in [3.05, 3.63) is 48.0 Å². The third-order valence-electron chi connectivity index (χ3n) is 5.33. The number of amides is 1. The van der Waals surface area contributed by atoms with Crippen molar-refractivity contribution in [2.75, 3.05) is 0 Å². The molecule has 1 aromatic rings. The van der Waals surface area contributed by atoms with E-state index in [1.54, 1.807) is 0 Å². The summed E-state index contributed by atoms with van der Waals surface area (Å²) in [5, 5.41) is 10.6. The Labute approximate surface area is 150 Å². The zero-order chi connectivity index (χ0) is 18.9. The lowest BCUT2D eigenvalue weighted by Crippen LogP contribution is -2.61. The number of halogens is 3. The number of ether oxygens (including phenoxy) is 1. The van der Waals surface area contributed by atoms with Crippen molar-refractivity contribution in [3.63, 3.8) is 0 Å². The first kappa shape index (κ1) is 18.8. The molecule has 2 aliphatic heterocycles. The van der Waals surface area contributed by atoms with E-state index in [0.717, 1.165) is 12.0 Å². The quantitative estimate of drug-likeness (QED) is 0.813. The van der Waals surface area contributed by atoms with Gasteiger partial charge in [-0.3, -0.25) is 0 Å². The Morgan fingerprint density at radius 3 is 2.35 bits per heavy atom. The van der Waals surface area contributed by atoms with Crippen molar-refractivity contribution >= 4 is 6.09 Å². The highest BCUT2D eigenvalue weighted by molar-refractivity contribution is 5.69. The molecule has 0 aliphatic carbocycles. The molecular weight excluding hydrogens is 347 g/mol. The summed E-state index contributed by atoms with van der Waals surface area (Å²) in [4.78, 5) is 14.1. The topological polar surface area (TPSA) is 49.8 Å². The number of piperidine rings is 2. The van der Waals surface area contributed by atoms with E-state index in [9.17, 15) is 23.1 Å². The summed E-state index contributed by atoms with van der Waals surface area (Å²) in [5.74, 6) is 0. The lowest BCUT2D eigenvalue weighted by atomic mass is 9.72. The molecule has 0 aromatic heterocycles. The smallest absolute Gasteiger partial charge is 0.414 e. The molecule has 0 saturated carbocycles. The maximum Gasteiger partial charge on any atom is 0.414 e. The van der Waals surface area contributed by atoms with Gasteiger partial charge in [0.2, 0.25) is 0 Å². The highest BCUT2D eigenvalue weighted by atomic mass is 19.4. The number of carbonyl (C=O) groups is 1. The van der Waals surface area contributed by atoms with E-state index in [0.29, 0.717) is 12.8 Å². The van der Waals surface area contributed by atoms with E-state index in [-0.39, 0.29) is 19.4 Å². The van der Waals surface area contributed by atoms with Gasteiger partial charge in [0, 0.05) is 24.9 Å². The summed E-state index contributed by atoms with van der Waals surface area (Å²) >= 11 is 0. The largest absolute Gasteiger partial charge is 0.445 e. The summed E-state index contributed by atoms with van der Waals surface area (Å²) < 4.78 is 44.5. The third kappa shape index (κ3) is 3.72. The summed E-state index contributed by atoms with van der Waals surface area (Å²) in [6.07, 6.45) is -3.62. The van der Waals surface area contributed by atoms with Gasteiger partial charge in [-0.05, 0) is 24.8 Å². The predicted molar refractivity (Wildman–Crippen MR) is 89.3 cm³/mol. The van der Waals surface area contributed by atoms with E-state index in [1.807, 2.05) is 30.3 Å². The number of benzene rings is 1. The number of rotatable bonds is 3. The number of hydrogen-bond donors (Lipinski definition) is 1. The monoisotopic (exact) mass is 369 g/mol. The van der Waals surface area contributed by atoms with Crippen LogP contribution in [-0.2, 0) is 11.3 Å². The van der Waals surface area contributed by atoms with Gasteiger partial charge in [-0.1, -0.05) is 36.9 Å². The normalized spacial score (nSPS) is 28.5. The molecule has 2 fully saturated rings.